The van der Waals surface area contributed by atoms with Crippen LogP contribution in [0.5, 0.6) is 0 Å². The predicted octanol–water partition coefficient (Wildman–Crippen LogP) is 2.61. The van der Waals surface area contributed by atoms with Crippen molar-refractivity contribution in [2.24, 2.45) is 0 Å². The van der Waals surface area contributed by atoms with Crippen LogP contribution in [0.25, 0.3) is 0 Å². The number of nitrogens with one attached hydrogen (secondary N) is 2. The van der Waals surface area contributed by atoms with Crippen LogP contribution >= 0.6 is 11.3 Å². The van der Waals surface area contributed by atoms with E-state index in [1.807, 2.05) is 5.38 Å². The molecule has 9 heteroatoms. The van der Waals surface area contributed by atoms with Crippen LogP contribution in [0.3, 0.4) is 0 Å². The lowest BCUT2D eigenvalue weighted by molar-refractivity contribution is -0.115. The van der Waals surface area contributed by atoms with Crippen molar-refractivity contribution in [2.75, 3.05) is 29.9 Å². The van der Waals surface area contributed by atoms with Gasteiger partial charge in [0, 0.05) is 43.5 Å². The number of nitrogens with zero attached hydrogens (tertiary/aromatic N) is 2. The zero-order chi connectivity index (χ0) is 19.3. The molecule has 1 fully saturated rings. The third-order valence-corrected chi connectivity index (χ3v) is 6.79. The molecule has 27 heavy (non-hydrogen) atoms. The van der Waals surface area contributed by atoms with Crippen molar-refractivity contribution in [2.45, 2.75) is 37.5 Å². The maximum Gasteiger partial charge on any atom is 0.240 e. The van der Waals surface area contributed by atoms with Gasteiger partial charge in [0.1, 0.15) is 0 Å². The lowest BCUT2D eigenvalue weighted by Crippen LogP contribution is -2.26. The van der Waals surface area contributed by atoms with Gasteiger partial charge < -0.3 is 10.2 Å². The number of sulfonamides is 1. The van der Waals surface area contributed by atoms with Gasteiger partial charge in [0.15, 0.2) is 5.13 Å². The Kier molecular flexibility index (Phi) is 6.46. The van der Waals surface area contributed by atoms with Crippen molar-refractivity contribution < 1.29 is 13.2 Å². The number of carbonyl (C=O) groups is 1. The molecule has 2 N–H and O–H groups in total. The molecule has 3 rings (SSSR count). The lowest BCUT2D eigenvalue weighted by Gasteiger charge is -2.12. The summed E-state index contributed by atoms with van der Waals surface area (Å²) in [7, 11) is -3.59. The highest BCUT2D eigenvalue weighted by Crippen LogP contribution is 2.24. The Labute approximate surface area is 163 Å². The largest absolute Gasteiger partial charge is 0.348 e. The Hall–Kier alpha value is -1.97. The average Bonchev–Trinajstić information content (AvgIpc) is 3.33. The number of rotatable bonds is 8. The first-order valence-corrected chi connectivity index (χ1v) is 11.4. The number of carbonyl (C=O) groups excluding carboxylic acids is 1. The first-order valence-electron chi connectivity index (χ1n) is 9.07. The Balaban J connectivity index is 1.53. The smallest absolute Gasteiger partial charge is 0.240 e. The molecule has 1 amide bonds. The van der Waals surface area contributed by atoms with E-state index >= 15 is 0 Å². The van der Waals surface area contributed by atoms with Gasteiger partial charge in [-0.15, -0.1) is 11.3 Å². The monoisotopic (exact) mass is 408 g/mol. The van der Waals surface area contributed by atoms with E-state index in [-0.39, 0.29) is 10.8 Å². The summed E-state index contributed by atoms with van der Waals surface area (Å²) in [6.45, 7) is 4.15. The molecule has 0 bridgehead atoms. The van der Waals surface area contributed by atoms with Gasteiger partial charge in [-0.1, -0.05) is 6.92 Å². The van der Waals surface area contributed by atoms with Crippen molar-refractivity contribution in [3.05, 3.63) is 35.3 Å². The summed E-state index contributed by atoms with van der Waals surface area (Å²) >= 11 is 1.61. The molecule has 0 atom stereocenters. The van der Waals surface area contributed by atoms with E-state index in [0.717, 1.165) is 23.9 Å². The Morgan fingerprint density at radius 2 is 1.93 bits per heavy atom. The normalized spacial score (nSPS) is 14.5. The summed E-state index contributed by atoms with van der Waals surface area (Å²) in [5, 5.41) is 5.71. The maximum atomic E-state index is 12.4. The molecule has 2 aromatic rings. The second-order valence-corrected chi connectivity index (χ2v) is 8.99. The molecule has 1 aliphatic rings. The number of hydrogen-bond acceptors (Lipinski definition) is 6. The van der Waals surface area contributed by atoms with Gasteiger partial charge in [-0.05, 0) is 37.1 Å². The van der Waals surface area contributed by atoms with Crippen molar-refractivity contribution >= 4 is 38.1 Å². The fraction of sp³-hybridized carbons (Fsp3) is 0.444. The number of thiazole rings is 1. The molecule has 146 valence electrons. The van der Waals surface area contributed by atoms with Gasteiger partial charge in [-0.2, -0.15) is 0 Å². The zero-order valence-electron chi connectivity index (χ0n) is 15.3. The summed E-state index contributed by atoms with van der Waals surface area (Å²) in [5.41, 5.74) is 1.49. The first-order chi connectivity index (χ1) is 13.0. The van der Waals surface area contributed by atoms with Crippen LogP contribution in [-0.2, 0) is 21.2 Å². The Morgan fingerprint density at radius 1 is 1.22 bits per heavy atom. The molecule has 0 radical (unpaired) electrons. The molecule has 1 aromatic heterocycles. The summed E-state index contributed by atoms with van der Waals surface area (Å²) in [6, 6.07) is 6.15. The van der Waals surface area contributed by atoms with E-state index in [9.17, 15) is 13.2 Å². The van der Waals surface area contributed by atoms with Gasteiger partial charge in [-0.25, -0.2) is 18.1 Å². The molecule has 0 saturated carbocycles. The second kappa shape index (κ2) is 8.81. The van der Waals surface area contributed by atoms with Crippen LogP contribution in [0.1, 0.15) is 31.9 Å². The third kappa shape index (κ3) is 5.27. The number of benzene rings is 1. The molecular formula is C18H24N4O3S2. The highest BCUT2D eigenvalue weighted by Gasteiger charge is 2.17. The van der Waals surface area contributed by atoms with E-state index in [2.05, 4.69) is 19.9 Å². The molecule has 1 aromatic carbocycles. The molecule has 1 saturated heterocycles. The van der Waals surface area contributed by atoms with Gasteiger partial charge in [0.25, 0.3) is 0 Å². The van der Waals surface area contributed by atoms with Crippen LogP contribution in [0.2, 0.25) is 0 Å². The zero-order valence-corrected chi connectivity index (χ0v) is 16.9. The minimum Gasteiger partial charge on any atom is -0.348 e. The van der Waals surface area contributed by atoms with Crippen molar-refractivity contribution in [1.82, 2.24) is 9.71 Å². The minimum absolute atomic E-state index is 0.111. The SMILES string of the molecule is CCC(=O)Nc1ccc(S(=O)(=O)NCCc2csc(N3CCCC3)n2)cc1. The number of hydrogen-bond donors (Lipinski definition) is 2. The standard InChI is InChI=1S/C18H24N4O3S2/c1-2-17(23)20-14-5-7-16(8-6-14)27(24,25)19-10-9-15-13-26-18(21-15)22-11-3-4-12-22/h5-8,13,19H,2-4,9-12H2,1H3,(H,20,23). The van der Waals surface area contributed by atoms with Crippen molar-refractivity contribution in [1.29, 1.82) is 0 Å². The van der Waals surface area contributed by atoms with E-state index in [1.54, 1.807) is 30.4 Å². The summed E-state index contributed by atoms with van der Waals surface area (Å²) in [5.74, 6) is -0.111. The average molecular weight is 409 g/mol. The summed E-state index contributed by atoms with van der Waals surface area (Å²) in [6.07, 6.45) is 3.33. The molecule has 0 unspecified atom stereocenters. The predicted molar refractivity (Wildman–Crippen MR) is 108 cm³/mol. The molecule has 0 aliphatic carbocycles. The van der Waals surface area contributed by atoms with Gasteiger partial charge in [0.2, 0.25) is 15.9 Å². The van der Waals surface area contributed by atoms with E-state index in [1.165, 1.54) is 25.0 Å². The minimum atomic E-state index is -3.59. The fourth-order valence-electron chi connectivity index (χ4n) is 2.83. The highest BCUT2D eigenvalue weighted by molar-refractivity contribution is 7.89. The molecular weight excluding hydrogens is 384 g/mol. The van der Waals surface area contributed by atoms with Crippen LogP contribution in [0, 0.1) is 0 Å². The Bertz CT molecular complexity index is 872. The number of amides is 1. The topological polar surface area (TPSA) is 91.4 Å². The van der Waals surface area contributed by atoms with E-state index in [4.69, 9.17) is 0 Å². The maximum absolute atomic E-state index is 12.4. The van der Waals surface area contributed by atoms with Crippen LogP contribution in [0.15, 0.2) is 34.5 Å². The molecule has 0 spiro atoms. The van der Waals surface area contributed by atoms with Gasteiger partial charge >= 0.3 is 0 Å². The molecule has 2 heterocycles. The van der Waals surface area contributed by atoms with Crippen LogP contribution in [-0.4, -0.2) is 38.9 Å². The molecule has 1 aliphatic heterocycles. The second-order valence-electron chi connectivity index (χ2n) is 6.39. The number of aromatic nitrogens is 1. The van der Waals surface area contributed by atoms with Gasteiger partial charge in [-0.3, -0.25) is 4.79 Å². The highest BCUT2D eigenvalue weighted by atomic mass is 32.2. The van der Waals surface area contributed by atoms with Crippen molar-refractivity contribution in [3.63, 3.8) is 0 Å². The van der Waals surface area contributed by atoms with E-state index < -0.39 is 10.0 Å². The fourth-order valence-corrected chi connectivity index (χ4v) is 4.77. The lowest BCUT2D eigenvalue weighted by atomic mass is 10.3. The van der Waals surface area contributed by atoms with Crippen molar-refractivity contribution in [3.8, 4) is 0 Å². The first kappa shape index (κ1) is 19.8. The number of anilines is 2. The van der Waals surface area contributed by atoms with Crippen LogP contribution < -0.4 is 14.9 Å². The van der Waals surface area contributed by atoms with Crippen LogP contribution in [0.4, 0.5) is 10.8 Å². The molecule has 7 nitrogen and oxygen atoms in total. The summed E-state index contributed by atoms with van der Waals surface area (Å²) in [4.78, 5) is 18.4. The van der Waals surface area contributed by atoms with E-state index in [0.29, 0.717) is 25.1 Å². The van der Waals surface area contributed by atoms with Gasteiger partial charge in [0.05, 0.1) is 10.6 Å². The third-order valence-electron chi connectivity index (χ3n) is 4.36. The quantitative estimate of drug-likeness (QED) is 0.701. The Morgan fingerprint density at radius 3 is 2.59 bits per heavy atom. The summed E-state index contributed by atoms with van der Waals surface area (Å²) < 4.78 is 27.4.